The largest absolute Gasteiger partial charge is 0.497 e. The maximum absolute atomic E-state index is 13.7. The number of aliphatic hydroxyl groups excluding tert-OH is 1. The highest BCUT2D eigenvalue weighted by atomic mass is 16.5. The fourth-order valence-electron chi connectivity index (χ4n) is 4.97. The molecule has 0 saturated carbocycles. The van der Waals surface area contributed by atoms with Crippen molar-refractivity contribution in [3.63, 3.8) is 0 Å². The van der Waals surface area contributed by atoms with Crippen LogP contribution >= 0.6 is 0 Å². The SMILES string of the molecule is COc1ccc2nc(-c3cc4c(OC)cccc4o3)cc(C(=O)N[C@@H](CO)Cc3c[nH]c4ccccc34)c2c1. The fraction of sp³-hybridized carbons (Fsp3) is 0.161. The Hall–Kier alpha value is -4.82. The van der Waals surface area contributed by atoms with Crippen LogP contribution in [0.2, 0.25) is 0 Å². The van der Waals surface area contributed by atoms with Crippen LogP contribution in [0.4, 0.5) is 0 Å². The number of benzene rings is 3. The van der Waals surface area contributed by atoms with Crippen LogP contribution in [0.3, 0.4) is 0 Å². The van der Waals surface area contributed by atoms with Crippen molar-refractivity contribution in [2.75, 3.05) is 20.8 Å². The van der Waals surface area contributed by atoms with Crippen molar-refractivity contribution in [3.8, 4) is 23.0 Å². The maximum Gasteiger partial charge on any atom is 0.252 e. The lowest BCUT2D eigenvalue weighted by Gasteiger charge is -2.17. The molecule has 0 fully saturated rings. The predicted octanol–water partition coefficient (Wildman–Crippen LogP) is 5.48. The minimum atomic E-state index is -0.496. The van der Waals surface area contributed by atoms with Gasteiger partial charge in [0, 0.05) is 22.5 Å². The quantitative estimate of drug-likeness (QED) is 0.245. The standard InChI is InChI=1S/C31H27N3O5/c1-37-20-10-11-26-22(13-20)23(14-27(34-26)30-15-24-28(38-2)8-5-9-29(24)39-30)31(36)33-19(17-35)12-18-16-32-25-7-4-3-6-21(18)25/h3-11,13-16,19,32,35H,12,17H2,1-2H3,(H,33,36)/t19-/m1/s1. The van der Waals surface area contributed by atoms with E-state index >= 15 is 0 Å². The first-order chi connectivity index (χ1) is 19.1. The van der Waals surface area contributed by atoms with Crippen LogP contribution in [0.15, 0.2) is 83.4 Å². The van der Waals surface area contributed by atoms with E-state index in [1.807, 2.05) is 60.8 Å². The van der Waals surface area contributed by atoms with Crippen molar-refractivity contribution in [2.24, 2.45) is 0 Å². The molecule has 0 bridgehead atoms. The van der Waals surface area contributed by atoms with Crippen LogP contribution in [-0.4, -0.2) is 47.8 Å². The Labute approximate surface area is 224 Å². The lowest BCUT2D eigenvalue weighted by atomic mass is 10.0. The van der Waals surface area contributed by atoms with E-state index in [0.717, 1.165) is 21.9 Å². The molecule has 3 aromatic carbocycles. The Balaban J connectivity index is 1.39. The molecule has 0 radical (unpaired) electrons. The molecule has 6 rings (SSSR count). The van der Waals surface area contributed by atoms with Gasteiger partial charge >= 0.3 is 0 Å². The smallest absolute Gasteiger partial charge is 0.252 e. The molecule has 6 aromatic rings. The zero-order chi connectivity index (χ0) is 26.9. The molecule has 3 heterocycles. The number of nitrogens with one attached hydrogen (secondary N) is 2. The minimum absolute atomic E-state index is 0.214. The molecule has 0 aliphatic heterocycles. The zero-order valence-corrected chi connectivity index (χ0v) is 21.5. The number of furan rings is 1. The van der Waals surface area contributed by atoms with Crippen molar-refractivity contribution in [1.29, 1.82) is 0 Å². The van der Waals surface area contributed by atoms with Gasteiger partial charge in [-0.1, -0.05) is 24.3 Å². The number of nitrogens with zero attached hydrogens (tertiary/aromatic N) is 1. The number of carbonyl (C=O) groups is 1. The first-order valence-corrected chi connectivity index (χ1v) is 12.6. The molecular weight excluding hydrogens is 494 g/mol. The summed E-state index contributed by atoms with van der Waals surface area (Å²) in [6.45, 7) is -0.214. The lowest BCUT2D eigenvalue weighted by molar-refractivity contribution is 0.0918. The third-order valence-electron chi connectivity index (χ3n) is 6.95. The number of fused-ring (bicyclic) bond motifs is 3. The molecule has 3 aromatic heterocycles. The average Bonchev–Trinajstić information content (AvgIpc) is 3.60. The van der Waals surface area contributed by atoms with Gasteiger partial charge in [0.15, 0.2) is 5.76 Å². The average molecular weight is 522 g/mol. The van der Waals surface area contributed by atoms with Gasteiger partial charge in [0.05, 0.1) is 43.3 Å². The number of aromatic amines is 1. The summed E-state index contributed by atoms with van der Waals surface area (Å²) in [6, 6.07) is 22.0. The molecule has 0 spiro atoms. The second-order valence-corrected chi connectivity index (χ2v) is 9.34. The molecular formula is C31H27N3O5. The topological polar surface area (TPSA) is 110 Å². The van der Waals surface area contributed by atoms with E-state index in [4.69, 9.17) is 18.9 Å². The molecule has 8 nitrogen and oxygen atoms in total. The van der Waals surface area contributed by atoms with E-state index in [0.29, 0.717) is 51.4 Å². The van der Waals surface area contributed by atoms with Crippen molar-refractivity contribution < 1.29 is 23.8 Å². The molecule has 0 saturated heterocycles. The Bertz CT molecular complexity index is 1820. The van der Waals surface area contributed by atoms with Gasteiger partial charge in [-0.2, -0.15) is 0 Å². The highest BCUT2D eigenvalue weighted by Gasteiger charge is 2.21. The number of aromatic nitrogens is 2. The molecule has 8 heteroatoms. The summed E-state index contributed by atoms with van der Waals surface area (Å²) in [7, 11) is 3.19. The van der Waals surface area contributed by atoms with E-state index in [-0.39, 0.29) is 12.5 Å². The summed E-state index contributed by atoms with van der Waals surface area (Å²) in [5.41, 5.74) is 4.21. The van der Waals surface area contributed by atoms with E-state index in [9.17, 15) is 9.90 Å². The number of pyridine rings is 1. The van der Waals surface area contributed by atoms with Crippen molar-refractivity contribution >= 4 is 38.7 Å². The highest BCUT2D eigenvalue weighted by molar-refractivity contribution is 6.07. The molecule has 1 atom stereocenters. The van der Waals surface area contributed by atoms with Crippen LogP contribution in [-0.2, 0) is 6.42 Å². The van der Waals surface area contributed by atoms with E-state index in [2.05, 4.69) is 10.3 Å². The summed E-state index contributed by atoms with van der Waals surface area (Å²) < 4.78 is 17.0. The lowest BCUT2D eigenvalue weighted by Crippen LogP contribution is -2.39. The Kier molecular flexibility index (Phi) is 6.38. The monoisotopic (exact) mass is 521 g/mol. The third kappa shape index (κ3) is 4.55. The number of rotatable bonds is 8. The van der Waals surface area contributed by atoms with Crippen molar-refractivity contribution in [1.82, 2.24) is 15.3 Å². The number of H-pyrrole nitrogens is 1. The van der Waals surface area contributed by atoms with Crippen LogP contribution in [0.25, 0.3) is 44.2 Å². The predicted molar refractivity (Wildman–Crippen MR) is 150 cm³/mol. The highest BCUT2D eigenvalue weighted by Crippen LogP contribution is 2.34. The van der Waals surface area contributed by atoms with Crippen LogP contribution in [0.5, 0.6) is 11.5 Å². The van der Waals surface area contributed by atoms with Gasteiger partial charge in [0.1, 0.15) is 22.8 Å². The third-order valence-corrected chi connectivity index (χ3v) is 6.95. The second kappa shape index (κ2) is 10.2. The number of aliphatic hydroxyl groups is 1. The van der Waals surface area contributed by atoms with Gasteiger partial charge in [0.2, 0.25) is 0 Å². The van der Waals surface area contributed by atoms with Gasteiger partial charge in [-0.15, -0.1) is 0 Å². The van der Waals surface area contributed by atoms with Crippen molar-refractivity contribution in [3.05, 3.63) is 90.1 Å². The first-order valence-electron chi connectivity index (χ1n) is 12.6. The molecule has 39 heavy (non-hydrogen) atoms. The molecule has 0 aliphatic rings. The van der Waals surface area contributed by atoms with Gasteiger partial charge in [-0.05, 0) is 60.5 Å². The molecule has 1 amide bonds. The molecule has 196 valence electrons. The van der Waals surface area contributed by atoms with Gasteiger partial charge in [-0.25, -0.2) is 4.98 Å². The number of carbonyl (C=O) groups excluding carboxylic acids is 1. The zero-order valence-electron chi connectivity index (χ0n) is 21.5. The van der Waals surface area contributed by atoms with Crippen molar-refractivity contribution in [2.45, 2.75) is 12.5 Å². The number of hydrogen-bond donors (Lipinski definition) is 3. The van der Waals surface area contributed by atoms with E-state index in [1.165, 1.54) is 0 Å². The summed E-state index contributed by atoms with van der Waals surface area (Å²) in [5, 5.41) is 15.7. The Morgan fingerprint density at radius 2 is 1.87 bits per heavy atom. The maximum atomic E-state index is 13.7. The molecule has 3 N–H and O–H groups in total. The normalized spacial score (nSPS) is 12.2. The second-order valence-electron chi connectivity index (χ2n) is 9.34. The van der Waals surface area contributed by atoms with E-state index in [1.54, 1.807) is 32.4 Å². The fourth-order valence-corrected chi connectivity index (χ4v) is 4.97. The summed E-state index contributed by atoms with van der Waals surface area (Å²) in [6.07, 6.45) is 2.38. The number of para-hydroxylation sites is 1. The number of amides is 1. The number of ether oxygens (including phenoxy) is 2. The Morgan fingerprint density at radius 3 is 2.69 bits per heavy atom. The Morgan fingerprint density at radius 1 is 1.00 bits per heavy atom. The van der Waals surface area contributed by atoms with E-state index < -0.39 is 6.04 Å². The van der Waals surface area contributed by atoms with Gasteiger partial charge in [-0.3, -0.25) is 4.79 Å². The van der Waals surface area contributed by atoms with Crippen LogP contribution < -0.4 is 14.8 Å². The number of methoxy groups -OCH3 is 2. The summed E-state index contributed by atoms with van der Waals surface area (Å²) in [5.74, 6) is 1.48. The van der Waals surface area contributed by atoms with Crippen LogP contribution in [0, 0.1) is 0 Å². The molecule has 0 unspecified atom stereocenters. The van der Waals surface area contributed by atoms with Gasteiger partial charge < -0.3 is 29.3 Å². The molecule has 0 aliphatic carbocycles. The van der Waals surface area contributed by atoms with Crippen LogP contribution in [0.1, 0.15) is 15.9 Å². The summed E-state index contributed by atoms with van der Waals surface area (Å²) >= 11 is 0. The number of hydrogen-bond acceptors (Lipinski definition) is 6. The minimum Gasteiger partial charge on any atom is -0.497 e. The van der Waals surface area contributed by atoms with Gasteiger partial charge in [0.25, 0.3) is 5.91 Å². The first kappa shape index (κ1) is 24.5. The summed E-state index contributed by atoms with van der Waals surface area (Å²) in [4.78, 5) is 21.8.